The summed E-state index contributed by atoms with van der Waals surface area (Å²) in [6.45, 7) is 5.63. The second-order valence-corrected chi connectivity index (χ2v) is 8.41. The normalized spacial score (nSPS) is 51.2. The molecule has 4 fully saturated rings. The van der Waals surface area contributed by atoms with E-state index in [-0.39, 0.29) is 36.6 Å². The Balaban J connectivity index is 1.50. The van der Waals surface area contributed by atoms with Gasteiger partial charge in [-0.25, -0.2) is 0 Å². The predicted octanol–water partition coefficient (Wildman–Crippen LogP) is 0.674. The molecular formula is C18H30O8. The van der Waals surface area contributed by atoms with Crippen molar-refractivity contribution in [2.75, 3.05) is 7.11 Å². The van der Waals surface area contributed by atoms with Gasteiger partial charge in [-0.05, 0) is 27.2 Å². The summed E-state index contributed by atoms with van der Waals surface area (Å²) in [6.07, 6.45) is -1.24. The zero-order valence-electron chi connectivity index (χ0n) is 15.8. The van der Waals surface area contributed by atoms with Crippen LogP contribution in [0.5, 0.6) is 0 Å². The minimum atomic E-state index is -0.797. The van der Waals surface area contributed by atoms with Gasteiger partial charge in [-0.2, -0.15) is 0 Å². The Hall–Kier alpha value is -0.320. The quantitative estimate of drug-likeness (QED) is 0.742. The first kappa shape index (κ1) is 19.0. The van der Waals surface area contributed by atoms with Gasteiger partial charge >= 0.3 is 0 Å². The molecule has 0 bridgehead atoms. The van der Waals surface area contributed by atoms with Gasteiger partial charge in [-0.15, -0.1) is 0 Å². The molecule has 0 aromatic carbocycles. The van der Waals surface area contributed by atoms with Crippen LogP contribution in [0, 0.1) is 0 Å². The van der Waals surface area contributed by atoms with E-state index in [9.17, 15) is 10.2 Å². The molecule has 4 aliphatic rings. The number of rotatable bonds is 4. The van der Waals surface area contributed by atoms with Crippen molar-refractivity contribution in [3.05, 3.63) is 0 Å². The Morgan fingerprint density at radius 2 is 1.77 bits per heavy atom. The minimum absolute atomic E-state index is 0.189. The molecule has 0 spiro atoms. The molecule has 4 aliphatic heterocycles. The van der Waals surface area contributed by atoms with Crippen molar-refractivity contribution in [2.24, 2.45) is 0 Å². The van der Waals surface area contributed by atoms with Crippen molar-refractivity contribution < 1.29 is 38.6 Å². The third kappa shape index (κ3) is 3.42. The van der Waals surface area contributed by atoms with Gasteiger partial charge in [0, 0.05) is 26.4 Å². The fourth-order valence-corrected chi connectivity index (χ4v) is 4.60. The van der Waals surface area contributed by atoms with Gasteiger partial charge in [0.25, 0.3) is 0 Å². The molecule has 4 heterocycles. The Morgan fingerprint density at radius 1 is 1.04 bits per heavy atom. The SMILES string of the molecule is CO[C@@]1(C)C[C@@H]2O[C@H](C[C@@H](O)[C@H]3CCC(O)O3)[C@H]3OC(C)(C)O[C@H]3[C@@H]2O1. The molecule has 2 N–H and O–H groups in total. The summed E-state index contributed by atoms with van der Waals surface area (Å²) in [5, 5.41) is 20.1. The molecule has 0 saturated carbocycles. The van der Waals surface area contributed by atoms with Gasteiger partial charge < -0.3 is 38.6 Å². The molecule has 26 heavy (non-hydrogen) atoms. The van der Waals surface area contributed by atoms with Crippen LogP contribution < -0.4 is 0 Å². The highest BCUT2D eigenvalue weighted by atomic mass is 16.8. The maximum absolute atomic E-state index is 10.6. The fraction of sp³-hybridized carbons (Fsp3) is 1.00. The first-order valence-electron chi connectivity index (χ1n) is 9.45. The van der Waals surface area contributed by atoms with Gasteiger partial charge in [0.2, 0.25) is 0 Å². The molecule has 0 aromatic heterocycles. The summed E-state index contributed by atoms with van der Waals surface area (Å²) in [4.78, 5) is 0. The van der Waals surface area contributed by atoms with Crippen molar-refractivity contribution >= 4 is 0 Å². The molecule has 0 amide bonds. The summed E-state index contributed by atoms with van der Waals surface area (Å²) >= 11 is 0. The molecule has 4 rings (SSSR count). The minimum Gasteiger partial charge on any atom is -0.390 e. The van der Waals surface area contributed by atoms with E-state index >= 15 is 0 Å². The van der Waals surface area contributed by atoms with E-state index in [2.05, 4.69) is 0 Å². The van der Waals surface area contributed by atoms with E-state index in [0.717, 1.165) is 0 Å². The van der Waals surface area contributed by atoms with Gasteiger partial charge in [0.1, 0.15) is 18.3 Å². The van der Waals surface area contributed by atoms with Crippen LogP contribution in [-0.4, -0.2) is 77.9 Å². The number of ether oxygens (including phenoxy) is 6. The van der Waals surface area contributed by atoms with E-state index in [4.69, 9.17) is 28.4 Å². The summed E-state index contributed by atoms with van der Waals surface area (Å²) in [7, 11) is 1.62. The highest BCUT2D eigenvalue weighted by Gasteiger charge is 2.61. The van der Waals surface area contributed by atoms with Crippen LogP contribution in [0.2, 0.25) is 0 Å². The summed E-state index contributed by atoms with van der Waals surface area (Å²) in [5.74, 6) is -1.46. The van der Waals surface area contributed by atoms with Crippen LogP contribution >= 0.6 is 0 Å². The molecule has 9 atom stereocenters. The first-order valence-corrected chi connectivity index (χ1v) is 9.45. The number of aliphatic hydroxyl groups excluding tert-OH is 2. The Labute approximate surface area is 153 Å². The summed E-state index contributed by atoms with van der Waals surface area (Å²) in [5.41, 5.74) is 0. The van der Waals surface area contributed by atoms with Crippen LogP contribution in [0.1, 0.15) is 46.5 Å². The molecule has 8 nitrogen and oxygen atoms in total. The lowest BCUT2D eigenvalue weighted by atomic mass is 9.90. The zero-order valence-corrected chi connectivity index (χ0v) is 15.8. The molecule has 1 unspecified atom stereocenters. The van der Waals surface area contributed by atoms with Gasteiger partial charge in [0.15, 0.2) is 17.9 Å². The molecule has 0 aromatic rings. The van der Waals surface area contributed by atoms with E-state index in [1.807, 2.05) is 20.8 Å². The predicted molar refractivity (Wildman–Crippen MR) is 88.1 cm³/mol. The third-order valence-electron chi connectivity index (χ3n) is 5.89. The van der Waals surface area contributed by atoms with E-state index in [1.165, 1.54) is 0 Å². The van der Waals surface area contributed by atoms with Crippen LogP contribution in [-0.2, 0) is 28.4 Å². The molecule has 8 heteroatoms. The largest absolute Gasteiger partial charge is 0.390 e. The van der Waals surface area contributed by atoms with E-state index < -0.39 is 24.0 Å². The van der Waals surface area contributed by atoms with Crippen molar-refractivity contribution in [1.29, 1.82) is 0 Å². The number of methoxy groups -OCH3 is 1. The van der Waals surface area contributed by atoms with Gasteiger partial charge in [0.05, 0.1) is 24.4 Å². The smallest absolute Gasteiger partial charge is 0.168 e. The maximum atomic E-state index is 10.6. The monoisotopic (exact) mass is 374 g/mol. The lowest BCUT2D eigenvalue weighted by Gasteiger charge is -2.39. The van der Waals surface area contributed by atoms with Crippen molar-refractivity contribution in [1.82, 2.24) is 0 Å². The lowest BCUT2D eigenvalue weighted by Crippen LogP contribution is -2.55. The molecule has 0 radical (unpaired) electrons. The van der Waals surface area contributed by atoms with Crippen LogP contribution in [0.15, 0.2) is 0 Å². The molecule has 0 aliphatic carbocycles. The standard InChI is InChI=1S/C18H30O8/c1-17(2)24-14-11(7-9(19)10-5-6-13(20)23-10)22-12-8-18(3,21-4)26-15(12)16(14)25-17/h9-16,19-20H,5-8H2,1-4H3/t9-,10-,11-,12+,13?,14-,15-,16-,18-/m1/s1. The Bertz CT molecular complexity index is 525. The van der Waals surface area contributed by atoms with E-state index in [1.54, 1.807) is 7.11 Å². The number of fused-ring (bicyclic) bond motifs is 3. The average molecular weight is 374 g/mol. The third-order valence-corrected chi connectivity index (χ3v) is 5.89. The molecular weight excluding hydrogens is 344 g/mol. The average Bonchev–Trinajstić information content (AvgIpc) is 3.22. The highest BCUT2D eigenvalue weighted by Crippen LogP contribution is 2.46. The van der Waals surface area contributed by atoms with Crippen LogP contribution in [0.4, 0.5) is 0 Å². The molecule has 150 valence electrons. The number of aliphatic hydroxyl groups is 2. The lowest BCUT2D eigenvalue weighted by molar-refractivity contribution is -0.235. The summed E-state index contributed by atoms with van der Waals surface area (Å²) < 4.78 is 35.5. The Kier molecular flexibility index (Phi) is 4.85. The van der Waals surface area contributed by atoms with Crippen molar-refractivity contribution in [2.45, 2.75) is 107 Å². The van der Waals surface area contributed by atoms with Crippen molar-refractivity contribution in [3.8, 4) is 0 Å². The maximum Gasteiger partial charge on any atom is 0.168 e. The van der Waals surface area contributed by atoms with Gasteiger partial charge in [-0.3, -0.25) is 0 Å². The number of hydrogen-bond donors (Lipinski definition) is 2. The van der Waals surface area contributed by atoms with Crippen LogP contribution in [0.3, 0.4) is 0 Å². The Morgan fingerprint density at radius 3 is 2.42 bits per heavy atom. The van der Waals surface area contributed by atoms with Gasteiger partial charge in [-0.1, -0.05) is 0 Å². The number of hydrogen-bond acceptors (Lipinski definition) is 8. The van der Waals surface area contributed by atoms with E-state index in [0.29, 0.717) is 25.7 Å². The second-order valence-electron chi connectivity index (χ2n) is 8.41. The topological polar surface area (TPSA) is 95.8 Å². The fourth-order valence-electron chi connectivity index (χ4n) is 4.60. The molecule has 4 saturated heterocycles. The second kappa shape index (κ2) is 6.63. The van der Waals surface area contributed by atoms with Crippen LogP contribution in [0.25, 0.3) is 0 Å². The highest BCUT2D eigenvalue weighted by molar-refractivity contribution is 5.04. The first-order chi connectivity index (χ1) is 12.2. The zero-order chi connectivity index (χ0) is 18.7. The summed E-state index contributed by atoms with van der Waals surface area (Å²) in [6, 6.07) is 0. The van der Waals surface area contributed by atoms with Crippen molar-refractivity contribution in [3.63, 3.8) is 0 Å².